The van der Waals surface area contributed by atoms with Crippen LogP contribution in [0.25, 0.3) is 88.0 Å². The summed E-state index contributed by atoms with van der Waals surface area (Å²) in [7, 11) is 0. The summed E-state index contributed by atoms with van der Waals surface area (Å²) >= 11 is 0. The smallest absolute Gasteiger partial charge is 0.145 e. The Kier molecular flexibility index (Phi) is 8.19. The summed E-state index contributed by atoms with van der Waals surface area (Å²) in [6, 6.07) is 80.7. The van der Waals surface area contributed by atoms with E-state index in [2.05, 4.69) is 229 Å². The van der Waals surface area contributed by atoms with Crippen molar-refractivity contribution in [2.24, 2.45) is 0 Å². The van der Waals surface area contributed by atoms with Crippen molar-refractivity contribution in [1.29, 1.82) is 0 Å². The van der Waals surface area contributed by atoms with Crippen LogP contribution >= 0.6 is 0 Å². The summed E-state index contributed by atoms with van der Waals surface area (Å²) in [4.78, 5) is 2.39. The third-order valence-corrected chi connectivity index (χ3v) is 11.4. The van der Waals surface area contributed by atoms with Crippen LogP contribution in [-0.4, -0.2) is 0 Å². The molecule has 0 fully saturated rings. The first-order chi connectivity index (χ1) is 28.7. The molecule has 0 radical (unpaired) electrons. The summed E-state index contributed by atoms with van der Waals surface area (Å²) in [5.74, 6) is 0. The van der Waals surface area contributed by atoms with Gasteiger partial charge >= 0.3 is 0 Å². The molecule has 0 unspecified atom stereocenters. The van der Waals surface area contributed by atoms with E-state index in [1.54, 1.807) is 0 Å². The monoisotopic (exact) mass is 739 g/mol. The number of fused-ring (bicyclic) bond motifs is 5. The molecule has 0 saturated heterocycles. The Bertz CT molecular complexity index is 3270. The Labute approximate surface area is 337 Å². The number of hydrogen-bond donors (Lipinski definition) is 0. The maximum Gasteiger partial charge on any atom is 0.145 e. The molecule has 0 aliphatic rings. The number of benzene rings is 10. The summed E-state index contributed by atoms with van der Waals surface area (Å²) in [5, 5.41) is 7.07. The van der Waals surface area contributed by atoms with E-state index in [0.29, 0.717) is 0 Å². The molecule has 11 rings (SSSR count). The molecule has 0 aliphatic heterocycles. The van der Waals surface area contributed by atoms with Gasteiger partial charge in [0, 0.05) is 22.3 Å². The highest BCUT2D eigenvalue weighted by Gasteiger charge is 2.23. The van der Waals surface area contributed by atoms with Crippen molar-refractivity contribution in [2.75, 3.05) is 4.90 Å². The Morgan fingerprint density at radius 2 is 0.828 bits per heavy atom. The van der Waals surface area contributed by atoms with Gasteiger partial charge in [0.25, 0.3) is 0 Å². The van der Waals surface area contributed by atoms with Crippen LogP contribution in [0.15, 0.2) is 229 Å². The van der Waals surface area contributed by atoms with Crippen molar-refractivity contribution in [1.82, 2.24) is 0 Å². The van der Waals surface area contributed by atoms with Crippen LogP contribution in [0.5, 0.6) is 0 Å². The predicted octanol–water partition coefficient (Wildman–Crippen LogP) is 16.0. The number of anilines is 3. The van der Waals surface area contributed by atoms with Crippen LogP contribution < -0.4 is 4.90 Å². The lowest BCUT2D eigenvalue weighted by Gasteiger charge is -2.27. The molecule has 58 heavy (non-hydrogen) atoms. The Hall–Kier alpha value is -7.68. The maximum absolute atomic E-state index is 6.84. The van der Waals surface area contributed by atoms with E-state index < -0.39 is 0 Å². The Morgan fingerprint density at radius 1 is 0.310 bits per heavy atom. The van der Waals surface area contributed by atoms with Gasteiger partial charge in [-0.15, -0.1) is 0 Å². The number of nitrogens with zero attached hydrogens (tertiary/aromatic N) is 1. The molecular formula is C56H37NO. The van der Waals surface area contributed by atoms with Gasteiger partial charge in [0.15, 0.2) is 0 Å². The molecule has 10 aromatic carbocycles. The Balaban J connectivity index is 1.09. The van der Waals surface area contributed by atoms with Gasteiger partial charge in [0.2, 0.25) is 0 Å². The first-order valence-electron chi connectivity index (χ1n) is 19.8. The van der Waals surface area contributed by atoms with Crippen molar-refractivity contribution in [3.05, 3.63) is 224 Å². The summed E-state index contributed by atoms with van der Waals surface area (Å²) in [6.07, 6.45) is 0. The number of furan rings is 1. The van der Waals surface area contributed by atoms with Crippen molar-refractivity contribution in [3.63, 3.8) is 0 Å². The van der Waals surface area contributed by atoms with Crippen molar-refractivity contribution >= 4 is 60.5 Å². The summed E-state index contributed by atoms with van der Waals surface area (Å²) in [5.41, 5.74) is 14.2. The van der Waals surface area contributed by atoms with E-state index in [0.717, 1.165) is 55.7 Å². The second-order valence-electron chi connectivity index (χ2n) is 14.9. The molecule has 0 atom stereocenters. The highest BCUT2D eigenvalue weighted by atomic mass is 16.3. The van der Waals surface area contributed by atoms with E-state index in [9.17, 15) is 0 Å². The first-order valence-corrected chi connectivity index (χ1v) is 19.8. The van der Waals surface area contributed by atoms with E-state index in [-0.39, 0.29) is 0 Å². The quantitative estimate of drug-likeness (QED) is 0.162. The Morgan fingerprint density at radius 3 is 1.55 bits per heavy atom. The largest absolute Gasteiger partial charge is 0.455 e. The molecule has 0 bridgehead atoms. The van der Waals surface area contributed by atoms with E-state index in [4.69, 9.17) is 4.42 Å². The van der Waals surface area contributed by atoms with Crippen LogP contribution in [0.4, 0.5) is 17.1 Å². The third-order valence-electron chi connectivity index (χ3n) is 11.4. The predicted molar refractivity (Wildman–Crippen MR) is 245 cm³/mol. The zero-order valence-electron chi connectivity index (χ0n) is 31.7. The minimum atomic E-state index is 0.867. The van der Waals surface area contributed by atoms with Gasteiger partial charge in [-0.3, -0.25) is 0 Å². The van der Waals surface area contributed by atoms with Crippen LogP contribution in [0.1, 0.15) is 0 Å². The van der Waals surface area contributed by atoms with Crippen molar-refractivity contribution < 1.29 is 4.42 Å². The highest BCUT2D eigenvalue weighted by molar-refractivity contribution is 6.17. The van der Waals surface area contributed by atoms with Gasteiger partial charge in [0.1, 0.15) is 11.2 Å². The molecule has 1 heterocycles. The fraction of sp³-hybridized carbons (Fsp3) is 0. The highest BCUT2D eigenvalue weighted by Crippen LogP contribution is 2.47. The molecule has 11 aromatic rings. The molecule has 2 heteroatoms. The lowest BCUT2D eigenvalue weighted by Crippen LogP contribution is -2.10. The van der Waals surface area contributed by atoms with Gasteiger partial charge in [0.05, 0.1) is 11.1 Å². The summed E-state index contributed by atoms with van der Waals surface area (Å²) < 4.78 is 6.84. The third kappa shape index (κ3) is 6.00. The molecular weight excluding hydrogens is 703 g/mol. The average molecular weight is 740 g/mol. The molecule has 272 valence electrons. The van der Waals surface area contributed by atoms with Crippen molar-refractivity contribution in [3.8, 4) is 44.5 Å². The SMILES string of the molecule is c1ccc(-c2ccc(-c3cccc(N(c4ccc(-c5ccc6ccccc6c5)cc4)c4ccc(-c5ccc6ccccc6c5)c5oc6ccccc6c45)c3)cc2)cc1. The van der Waals surface area contributed by atoms with Crippen molar-refractivity contribution in [2.45, 2.75) is 0 Å². The summed E-state index contributed by atoms with van der Waals surface area (Å²) in [6.45, 7) is 0. The van der Waals surface area contributed by atoms with Crippen LogP contribution in [-0.2, 0) is 0 Å². The zero-order chi connectivity index (χ0) is 38.4. The van der Waals surface area contributed by atoms with Crippen LogP contribution in [0, 0.1) is 0 Å². The van der Waals surface area contributed by atoms with Gasteiger partial charge in [-0.25, -0.2) is 0 Å². The van der Waals surface area contributed by atoms with Gasteiger partial charge < -0.3 is 9.32 Å². The zero-order valence-corrected chi connectivity index (χ0v) is 31.7. The molecule has 0 spiro atoms. The number of rotatable bonds is 7. The number of hydrogen-bond acceptors (Lipinski definition) is 2. The minimum absolute atomic E-state index is 0.867. The second-order valence-corrected chi connectivity index (χ2v) is 14.9. The van der Waals surface area contributed by atoms with E-state index in [1.165, 1.54) is 49.4 Å². The second kappa shape index (κ2) is 14.1. The molecule has 0 aliphatic carbocycles. The van der Waals surface area contributed by atoms with Gasteiger partial charge in [-0.2, -0.15) is 0 Å². The minimum Gasteiger partial charge on any atom is -0.455 e. The van der Waals surface area contributed by atoms with Gasteiger partial charge in [-0.05, 0) is 115 Å². The van der Waals surface area contributed by atoms with E-state index >= 15 is 0 Å². The fourth-order valence-corrected chi connectivity index (χ4v) is 8.49. The normalized spacial score (nSPS) is 11.4. The molecule has 1 aromatic heterocycles. The van der Waals surface area contributed by atoms with E-state index in [1.807, 2.05) is 0 Å². The molecule has 0 amide bonds. The molecule has 2 nitrogen and oxygen atoms in total. The van der Waals surface area contributed by atoms with Crippen LogP contribution in [0.2, 0.25) is 0 Å². The lowest BCUT2D eigenvalue weighted by atomic mass is 9.97. The molecule has 0 N–H and O–H groups in total. The number of para-hydroxylation sites is 1. The maximum atomic E-state index is 6.84. The standard InChI is InChI=1S/C56H37NO/c1-2-11-38(12-3-1)41-21-23-42(24-22-41)46-17-10-18-50(37-46)57(49-31-29-43(30-32-49)47-27-25-39-13-4-6-15-44(39)35-47)53-34-33-51(48-28-26-40-14-5-7-16-45(40)36-48)56-55(53)52-19-8-9-20-54(52)58-56/h1-37H. The lowest BCUT2D eigenvalue weighted by molar-refractivity contribution is 0.670. The first kappa shape index (κ1) is 33.6. The fourth-order valence-electron chi connectivity index (χ4n) is 8.49. The molecule has 0 saturated carbocycles. The van der Waals surface area contributed by atoms with Gasteiger partial charge in [-0.1, -0.05) is 170 Å². The average Bonchev–Trinajstić information content (AvgIpc) is 3.70. The van der Waals surface area contributed by atoms with Crippen LogP contribution in [0.3, 0.4) is 0 Å². The topological polar surface area (TPSA) is 16.4 Å².